The van der Waals surface area contributed by atoms with Crippen LogP contribution >= 0.6 is 22.7 Å². The molecule has 1 aromatic carbocycles. The molecule has 1 aliphatic heterocycles. The summed E-state index contributed by atoms with van der Waals surface area (Å²) in [4.78, 5) is 14.6. The molecule has 0 aliphatic carbocycles. The molecule has 1 fully saturated rings. The summed E-state index contributed by atoms with van der Waals surface area (Å²) < 4.78 is 40.3. The highest BCUT2D eigenvalue weighted by Gasteiger charge is 2.28. The third-order valence-corrected chi connectivity index (χ3v) is 9.30. The minimum Gasteiger partial charge on any atom is -0.344 e. The van der Waals surface area contributed by atoms with Crippen molar-refractivity contribution in [3.63, 3.8) is 0 Å². The predicted molar refractivity (Wildman–Crippen MR) is 139 cm³/mol. The van der Waals surface area contributed by atoms with E-state index in [4.69, 9.17) is 15.1 Å². The summed E-state index contributed by atoms with van der Waals surface area (Å²) in [5, 5.41) is 15.9. The number of fused-ring (bicyclic) bond motifs is 1. The van der Waals surface area contributed by atoms with Crippen LogP contribution in [-0.2, 0) is 16.4 Å². The second-order valence-electron chi connectivity index (χ2n) is 8.32. The number of rotatable bonds is 6. The first kappa shape index (κ1) is 24.6. The van der Waals surface area contributed by atoms with Crippen molar-refractivity contribution in [3.8, 4) is 17.3 Å². The molecule has 3 aromatic heterocycles. The molecule has 0 atom stereocenters. The predicted octanol–water partition coefficient (Wildman–Crippen LogP) is 3.34. The molecule has 4 heterocycles. The van der Waals surface area contributed by atoms with E-state index in [0.29, 0.717) is 53.9 Å². The first-order valence-corrected chi connectivity index (χ1v) is 14.7. The Kier molecular flexibility index (Phi) is 6.41. The minimum atomic E-state index is -3.21. The monoisotopic (exact) mass is 546 g/mol. The van der Waals surface area contributed by atoms with Gasteiger partial charge in [0.25, 0.3) is 0 Å². The Morgan fingerprint density at radius 2 is 1.83 bits per heavy atom. The molecule has 14 heteroatoms. The Morgan fingerprint density at radius 3 is 2.44 bits per heavy atom. The fourth-order valence-electron chi connectivity index (χ4n) is 4.10. The van der Waals surface area contributed by atoms with Gasteiger partial charge in [-0.3, -0.25) is 0 Å². The Bertz CT molecular complexity index is 1560. The molecule has 4 aromatic rings. The van der Waals surface area contributed by atoms with E-state index in [1.165, 1.54) is 45.4 Å². The highest BCUT2D eigenvalue weighted by Crippen LogP contribution is 2.38. The zero-order chi connectivity index (χ0) is 25.6. The molecule has 0 radical (unpaired) electrons. The van der Waals surface area contributed by atoms with Gasteiger partial charge < -0.3 is 9.80 Å². The fraction of sp³-hybridized carbons (Fsp3) is 0.364. The molecule has 0 saturated carbocycles. The normalized spacial score (nSPS) is 14.9. The van der Waals surface area contributed by atoms with Gasteiger partial charge in [-0.25, -0.2) is 22.8 Å². The Morgan fingerprint density at radius 1 is 1.14 bits per heavy atom. The molecule has 0 spiro atoms. The maximum Gasteiger partial charge on any atom is 0.216 e. The maximum absolute atomic E-state index is 13.4. The van der Waals surface area contributed by atoms with Crippen molar-refractivity contribution in [1.29, 1.82) is 5.26 Å². The SMILES string of the molecule is CCc1nc2sc(N3CCN(S(C)(=O)=O)CC3)nn2c1N(C)c1nc(-c2ccc(F)cc2)c(C#N)s1. The number of nitriles is 1. The van der Waals surface area contributed by atoms with E-state index in [9.17, 15) is 18.1 Å². The number of anilines is 3. The summed E-state index contributed by atoms with van der Waals surface area (Å²) >= 11 is 2.71. The molecular formula is C22H23FN8O2S3. The van der Waals surface area contributed by atoms with Gasteiger partial charge in [0.1, 0.15) is 22.5 Å². The summed E-state index contributed by atoms with van der Waals surface area (Å²) in [5.74, 6) is 0.407. The van der Waals surface area contributed by atoms with Crippen LogP contribution in [0, 0.1) is 17.1 Å². The summed E-state index contributed by atoms with van der Waals surface area (Å²) in [5.41, 5.74) is 2.02. The smallest absolute Gasteiger partial charge is 0.216 e. The number of hydrogen-bond acceptors (Lipinski definition) is 10. The summed E-state index contributed by atoms with van der Waals surface area (Å²) in [7, 11) is -1.35. The molecule has 0 amide bonds. The van der Waals surface area contributed by atoms with Crippen molar-refractivity contribution in [3.05, 3.63) is 40.7 Å². The maximum atomic E-state index is 13.4. The van der Waals surface area contributed by atoms with Gasteiger partial charge in [-0.2, -0.15) is 14.1 Å². The fourth-order valence-corrected chi connectivity index (χ4v) is 6.75. The lowest BCUT2D eigenvalue weighted by Gasteiger charge is -2.32. The number of sulfonamides is 1. The zero-order valence-corrected chi connectivity index (χ0v) is 22.3. The average Bonchev–Trinajstić information content (AvgIpc) is 3.56. The van der Waals surface area contributed by atoms with Gasteiger partial charge in [0.2, 0.25) is 20.1 Å². The van der Waals surface area contributed by atoms with Gasteiger partial charge in [0, 0.05) is 38.8 Å². The zero-order valence-electron chi connectivity index (χ0n) is 19.8. The quantitative estimate of drug-likeness (QED) is 0.362. The molecule has 10 nitrogen and oxygen atoms in total. The van der Waals surface area contributed by atoms with Crippen molar-refractivity contribution >= 4 is 53.7 Å². The number of thiazole rings is 1. The van der Waals surface area contributed by atoms with Crippen LogP contribution in [0.2, 0.25) is 0 Å². The molecule has 0 N–H and O–H groups in total. The van der Waals surface area contributed by atoms with E-state index < -0.39 is 10.0 Å². The highest BCUT2D eigenvalue weighted by atomic mass is 32.2. The Labute approximate surface area is 215 Å². The molecular weight excluding hydrogens is 523 g/mol. The van der Waals surface area contributed by atoms with Gasteiger partial charge in [0.15, 0.2) is 10.9 Å². The van der Waals surface area contributed by atoms with Gasteiger partial charge in [-0.1, -0.05) is 29.6 Å². The molecule has 1 saturated heterocycles. The number of hydrogen-bond donors (Lipinski definition) is 0. The van der Waals surface area contributed by atoms with Crippen LogP contribution in [0.25, 0.3) is 16.2 Å². The minimum absolute atomic E-state index is 0.351. The van der Waals surface area contributed by atoms with E-state index in [1.807, 2.05) is 18.9 Å². The lowest BCUT2D eigenvalue weighted by molar-refractivity contribution is 0.387. The Hall–Kier alpha value is -3.12. The van der Waals surface area contributed by atoms with E-state index in [1.54, 1.807) is 16.6 Å². The van der Waals surface area contributed by atoms with Crippen molar-refractivity contribution in [2.45, 2.75) is 13.3 Å². The van der Waals surface area contributed by atoms with Crippen LogP contribution in [0.5, 0.6) is 0 Å². The largest absolute Gasteiger partial charge is 0.344 e. The van der Waals surface area contributed by atoms with Gasteiger partial charge in [-0.15, -0.1) is 5.10 Å². The number of piperazine rings is 1. The Balaban J connectivity index is 1.48. The third kappa shape index (κ3) is 4.43. The lowest BCUT2D eigenvalue weighted by Crippen LogP contribution is -2.48. The lowest BCUT2D eigenvalue weighted by atomic mass is 10.1. The molecule has 188 valence electrons. The van der Waals surface area contributed by atoms with Crippen LogP contribution in [0.3, 0.4) is 0 Å². The van der Waals surface area contributed by atoms with Gasteiger partial charge in [-0.05, 0) is 30.7 Å². The van der Waals surface area contributed by atoms with Crippen LogP contribution in [-0.4, -0.2) is 71.8 Å². The van der Waals surface area contributed by atoms with Crippen LogP contribution in [0.1, 0.15) is 17.5 Å². The number of halogens is 1. The highest BCUT2D eigenvalue weighted by molar-refractivity contribution is 7.88. The number of aryl methyl sites for hydroxylation is 1. The summed E-state index contributed by atoms with van der Waals surface area (Å²) in [6.07, 6.45) is 1.91. The summed E-state index contributed by atoms with van der Waals surface area (Å²) in [6, 6.07) is 8.12. The van der Waals surface area contributed by atoms with Crippen molar-refractivity contribution in [1.82, 2.24) is 23.9 Å². The van der Waals surface area contributed by atoms with E-state index in [-0.39, 0.29) is 5.82 Å². The number of aromatic nitrogens is 4. The van der Waals surface area contributed by atoms with Gasteiger partial charge in [0.05, 0.1) is 11.9 Å². The van der Waals surface area contributed by atoms with E-state index in [0.717, 1.165) is 21.6 Å². The molecule has 36 heavy (non-hydrogen) atoms. The second kappa shape index (κ2) is 9.40. The van der Waals surface area contributed by atoms with Gasteiger partial charge >= 0.3 is 0 Å². The van der Waals surface area contributed by atoms with Crippen LogP contribution < -0.4 is 9.80 Å². The molecule has 5 rings (SSSR count). The van der Waals surface area contributed by atoms with E-state index >= 15 is 0 Å². The molecule has 0 unspecified atom stereocenters. The van der Waals surface area contributed by atoms with Crippen molar-refractivity contribution in [2.24, 2.45) is 0 Å². The number of benzene rings is 1. The number of imidazole rings is 1. The third-order valence-electron chi connectivity index (χ3n) is 5.99. The first-order valence-electron chi connectivity index (χ1n) is 11.2. The van der Waals surface area contributed by atoms with E-state index in [2.05, 4.69) is 11.0 Å². The number of nitrogens with zero attached hydrogens (tertiary/aromatic N) is 8. The average molecular weight is 547 g/mol. The standard InChI is InChI=1S/C22H23FN8O2S3/c1-4-16-19(28(2)20-26-18(17(13-24)34-20)14-5-7-15(23)8-6-14)31-21(25-16)35-22(27-31)29-9-11-30(12-10-29)36(3,32)33/h5-8H,4,9-12H2,1-3H3. The summed E-state index contributed by atoms with van der Waals surface area (Å²) in [6.45, 7) is 3.94. The second-order valence-corrected chi connectivity index (χ2v) is 12.2. The van der Waals surface area contributed by atoms with Crippen molar-refractivity contribution < 1.29 is 12.8 Å². The van der Waals surface area contributed by atoms with Crippen molar-refractivity contribution in [2.75, 3.05) is 49.3 Å². The molecule has 1 aliphatic rings. The molecule has 0 bridgehead atoms. The topological polar surface area (TPSA) is 111 Å². The first-order chi connectivity index (χ1) is 17.2. The van der Waals surface area contributed by atoms with Crippen LogP contribution in [0.15, 0.2) is 24.3 Å². The van der Waals surface area contributed by atoms with Crippen LogP contribution in [0.4, 0.5) is 20.5 Å².